The maximum Gasteiger partial charge on any atom is 0.243 e. The van der Waals surface area contributed by atoms with Gasteiger partial charge in [0.1, 0.15) is 16.5 Å². The van der Waals surface area contributed by atoms with E-state index in [1.165, 1.54) is 19.3 Å². The van der Waals surface area contributed by atoms with E-state index in [0.29, 0.717) is 23.8 Å². The number of rotatable bonds is 3. The van der Waals surface area contributed by atoms with Gasteiger partial charge in [0, 0.05) is 11.6 Å². The lowest BCUT2D eigenvalue weighted by Gasteiger charge is -2.56. The third-order valence-electron chi connectivity index (χ3n) is 5.57. The lowest BCUT2D eigenvalue weighted by molar-refractivity contribution is -0.00812. The lowest BCUT2D eigenvalue weighted by Crippen LogP contribution is -2.59. The van der Waals surface area contributed by atoms with E-state index in [0.717, 1.165) is 31.4 Å². The van der Waals surface area contributed by atoms with Crippen molar-refractivity contribution in [3.8, 4) is 0 Å². The SMILES string of the molecule is O=S(=O)(NC12CC3CC(CC(C3)C1)C2)c1ccc(F)cc1F. The van der Waals surface area contributed by atoms with Crippen molar-refractivity contribution in [3.05, 3.63) is 29.8 Å². The second kappa shape index (κ2) is 4.74. The predicted molar refractivity (Wildman–Crippen MR) is 77.6 cm³/mol. The van der Waals surface area contributed by atoms with Gasteiger partial charge in [0.15, 0.2) is 0 Å². The van der Waals surface area contributed by atoms with Crippen LogP contribution in [0.2, 0.25) is 0 Å². The van der Waals surface area contributed by atoms with Crippen LogP contribution in [0.15, 0.2) is 23.1 Å². The first-order valence-corrected chi connectivity index (χ1v) is 9.33. The predicted octanol–water partition coefficient (Wildman–Crippen LogP) is 3.21. The molecule has 0 atom stereocenters. The van der Waals surface area contributed by atoms with Crippen LogP contribution in [0.5, 0.6) is 0 Å². The van der Waals surface area contributed by atoms with Gasteiger partial charge in [0.05, 0.1) is 0 Å². The lowest BCUT2D eigenvalue weighted by atomic mass is 9.53. The Morgan fingerprint density at radius 1 is 1.00 bits per heavy atom. The summed E-state index contributed by atoms with van der Waals surface area (Å²) in [6.45, 7) is 0. The van der Waals surface area contributed by atoms with E-state index in [4.69, 9.17) is 0 Å². The van der Waals surface area contributed by atoms with Crippen molar-refractivity contribution in [2.75, 3.05) is 0 Å². The van der Waals surface area contributed by atoms with Crippen LogP contribution in [0.3, 0.4) is 0 Å². The molecule has 0 aromatic heterocycles. The molecule has 0 radical (unpaired) electrons. The highest BCUT2D eigenvalue weighted by atomic mass is 32.2. The number of hydrogen-bond donors (Lipinski definition) is 1. The second-order valence-electron chi connectivity index (χ2n) is 7.38. The Morgan fingerprint density at radius 2 is 1.55 bits per heavy atom. The molecular formula is C16H19F2NO2S. The summed E-state index contributed by atoms with van der Waals surface area (Å²) in [7, 11) is -3.96. The summed E-state index contributed by atoms with van der Waals surface area (Å²) < 4.78 is 54.8. The van der Waals surface area contributed by atoms with Gasteiger partial charge in [-0.2, -0.15) is 0 Å². The Balaban J connectivity index is 1.65. The van der Waals surface area contributed by atoms with Crippen LogP contribution in [-0.4, -0.2) is 14.0 Å². The van der Waals surface area contributed by atoms with Crippen LogP contribution in [-0.2, 0) is 10.0 Å². The van der Waals surface area contributed by atoms with Gasteiger partial charge in [0.25, 0.3) is 0 Å². The fourth-order valence-corrected chi connectivity index (χ4v) is 6.76. The van der Waals surface area contributed by atoms with E-state index >= 15 is 0 Å². The summed E-state index contributed by atoms with van der Waals surface area (Å²) in [5.74, 6) is -0.0328. The quantitative estimate of drug-likeness (QED) is 0.926. The smallest absolute Gasteiger partial charge is 0.207 e. The summed E-state index contributed by atoms with van der Waals surface area (Å²) in [5.41, 5.74) is -0.422. The summed E-state index contributed by atoms with van der Waals surface area (Å²) in [6.07, 6.45) is 6.15. The maximum atomic E-state index is 13.8. The van der Waals surface area contributed by atoms with Crippen LogP contribution >= 0.6 is 0 Å². The molecule has 120 valence electrons. The van der Waals surface area contributed by atoms with Gasteiger partial charge in [-0.05, 0) is 68.4 Å². The monoisotopic (exact) mass is 327 g/mol. The third-order valence-corrected chi connectivity index (χ3v) is 7.18. The molecule has 1 aromatic rings. The highest BCUT2D eigenvalue weighted by Gasteiger charge is 2.52. The molecule has 1 N–H and O–H groups in total. The Bertz CT molecular complexity index is 682. The first kappa shape index (κ1) is 14.6. The highest BCUT2D eigenvalue weighted by molar-refractivity contribution is 7.89. The molecule has 0 saturated heterocycles. The van der Waals surface area contributed by atoms with Gasteiger partial charge in [-0.25, -0.2) is 21.9 Å². The zero-order valence-corrected chi connectivity index (χ0v) is 13.0. The minimum atomic E-state index is -3.96. The van der Waals surface area contributed by atoms with Crippen molar-refractivity contribution in [2.24, 2.45) is 17.8 Å². The molecule has 4 aliphatic rings. The molecule has 0 unspecified atom stereocenters. The Kier molecular flexibility index (Phi) is 3.14. The minimum Gasteiger partial charge on any atom is -0.207 e. The van der Waals surface area contributed by atoms with Gasteiger partial charge >= 0.3 is 0 Å². The molecule has 4 aliphatic carbocycles. The second-order valence-corrected chi connectivity index (χ2v) is 9.03. The van der Waals surface area contributed by atoms with Gasteiger partial charge in [-0.3, -0.25) is 0 Å². The van der Waals surface area contributed by atoms with Gasteiger partial charge in [-0.15, -0.1) is 0 Å². The Labute approximate surface area is 129 Å². The summed E-state index contributed by atoms with van der Waals surface area (Å²) in [5, 5.41) is 0. The average Bonchev–Trinajstić information content (AvgIpc) is 2.34. The molecule has 4 bridgehead atoms. The molecule has 5 rings (SSSR count). The zero-order valence-electron chi connectivity index (χ0n) is 12.2. The number of halogens is 2. The number of hydrogen-bond acceptors (Lipinski definition) is 2. The Hall–Kier alpha value is -1.01. The third kappa shape index (κ3) is 2.36. The van der Waals surface area contributed by atoms with Gasteiger partial charge < -0.3 is 0 Å². The summed E-state index contributed by atoms with van der Waals surface area (Å²) >= 11 is 0. The number of nitrogens with one attached hydrogen (secondary N) is 1. The molecule has 0 amide bonds. The largest absolute Gasteiger partial charge is 0.243 e. The normalized spacial score (nSPS) is 36.7. The van der Waals surface area contributed by atoms with Crippen molar-refractivity contribution in [1.82, 2.24) is 4.72 Å². The van der Waals surface area contributed by atoms with Gasteiger partial charge in [0.2, 0.25) is 10.0 Å². The molecule has 6 heteroatoms. The first-order chi connectivity index (χ1) is 10.4. The summed E-state index contributed by atoms with van der Waals surface area (Å²) in [6, 6.07) is 2.61. The van der Waals surface area contributed by atoms with Crippen LogP contribution in [0.4, 0.5) is 8.78 Å². The van der Waals surface area contributed by atoms with Crippen molar-refractivity contribution in [2.45, 2.75) is 49.0 Å². The average molecular weight is 327 g/mol. The van der Waals surface area contributed by atoms with E-state index in [2.05, 4.69) is 4.72 Å². The molecule has 1 aromatic carbocycles. The van der Waals surface area contributed by atoms with Crippen LogP contribution < -0.4 is 4.72 Å². The van der Waals surface area contributed by atoms with Crippen molar-refractivity contribution in [3.63, 3.8) is 0 Å². The molecule has 0 spiro atoms. The van der Waals surface area contributed by atoms with Crippen molar-refractivity contribution in [1.29, 1.82) is 0 Å². The molecule has 0 aliphatic heterocycles. The molecule has 4 saturated carbocycles. The zero-order chi connectivity index (χ0) is 15.5. The van der Waals surface area contributed by atoms with Crippen LogP contribution in [0, 0.1) is 29.4 Å². The van der Waals surface area contributed by atoms with E-state index in [9.17, 15) is 17.2 Å². The Morgan fingerprint density at radius 3 is 2.05 bits per heavy atom. The minimum absolute atomic E-state index is 0.422. The van der Waals surface area contributed by atoms with E-state index in [1.807, 2.05) is 0 Å². The van der Waals surface area contributed by atoms with Gasteiger partial charge in [-0.1, -0.05) is 0 Å². The van der Waals surface area contributed by atoms with Crippen LogP contribution in [0.1, 0.15) is 38.5 Å². The maximum absolute atomic E-state index is 13.8. The topological polar surface area (TPSA) is 46.2 Å². The first-order valence-electron chi connectivity index (χ1n) is 7.84. The fourth-order valence-electron chi connectivity index (χ4n) is 5.27. The molecular weight excluding hydrogens is 308 g/mol. The fraction of sp³-hybridized carbons (Fsp3) is 0.625. The van der Waals surface area contributed by atoms with E-state index < -0.39 is 32.1 Å². The number of sulfonamides is 1. The highest BCUT2D eigenvalue weighted by Crippen LogP contribution is 2.55. The van der Waals surface area contributed by atoms with Crippen LogP contribution in [0.25, 0.3) is 0 Å². The number of benzene rings is 1. The van der Waals surface area contributed by atoms with Crippen molar-refractivity contribution >= 4 is 10.0 Å². The molecule has 0 heterocycles. The summed E-state index contributed by atoms with van der Waals surface area (Å²) in [4.78, 5) is -0.454. The standard InChI is InChI=1S/C16H19F2NO2S/c17-13-1-2-15(14(18)6-13)22(20,21)19-16-7-10-3-11(8-16)5-12(4-10)9-16/h1-2,6,10-12,19H,3-5,7-9H2. The van der Waals surface area contributed by atoms with E-state index in [1.54, 1.807) is 0 Å². The molecule has 3 nitrogen and oxygen atoms in total. The van der Waals surface area contributed by atoms with E-state index in [-0.39, 0.29) is 0 Å². The molecule has 22 heavy (non-hydrogen) atoms. The van der Waals surface area contributed by atoms with Crippen molar-refractivity contribution < 1.29 is 17.2 Å². The molecule has 4 fully saturated rings.